The fourth-order valence-electron chi connectivity index (χ4n) is 3.74. The van der Waals surface area contributed by atoms with Crippen molar-refractivity contribution in [3.05, 3.63) is 54.1 Å². The predicted octanol–water partition coefficient (Wildman–Crippen LogP) is 3.15. The highest BCUT2D eigenvalue weighted by Gasteiger charge is 2.29. The zero-order chi connectivity index (χ0) is 23.1. The molecule has 1 aliphatic carbocycles. The quantitative estimate of drug-likeness (QED) is 0.597. The topological polar surface area (TPSA) is 119 Å². The molecule has 0 atom stereocenters. The number of benzene rings is 2. The van der Waals surface area contributed by atoms with E-state index in [1.807, 2.05) is 0 Å². The number of carbonyl (C=O) groups is 2. The van der Waals surface area contributed by atoms with Crippen LogP contribution >= 0.6 is 0 Å². The summed E-state index contributed by atoms with van der Waals surface area (Å²) in [6.45, 7) is 0.100. The summed E-state index contributed by atoms with van der Waals surface area (Å²) in [5, 5.41) is 2.76. The molecule has 2 aromatic carbocycles. The highest BCUT2D eigenvalue weighted by Crippen LogP contribution is 2.27. The molecule has 2 amide bonds. The van der Waals surface area contributed by atoms with Gasteiger partial charge in [-0.3, -0.25) is 9.59 Å². The molecule has 0 aromatic heterocycles. The van der Waals surface area contributed by atoms with Gasteiger partial charge in [0.2, 0.25) is 15.9 Å². The Balaban J connectivity index is 1.68. The van der Waals surface area contributed by atoms with Crippen LogP contribution < -0.4 is 15.8 Å². The number of nitrogens with two attached hydrogens (primary N) is 1. The molecule has 8 nitrogen and oxygen atoms in total. The number of nitrogens with zero attached hydrogens (tertiary/aromatic N) is 1. The summed E-state index contributed by atoms with van der Waals surface area (Å²) in [5.41, 5.74) is 5.88. The maximum atomic E-state index is 13.0. The van der Waals surface area contributed by atoms with Gasteiger partial charge in [0.05, 0.1) is 23.6 Å². The molecule has 0 bridgehead atoms. The van der Waals surface area contributed by atoms with Gasteiger partial charge in [0, 0.05) is 18.7 Å². The van der Waals surface area contributed by atoms with Crippen LogP contribution in [-0.2, 0) is 14.8 Å². The van der Waals surface area contributed by atoms with Crippen molar-refractivity contribution in [2.45, 2.75) is 49.5 Å². The van der Waals surface area contributed by atoms with Gasteiger partial charge in [0.25, 0.3) is 5.91 Å². The van der Waals surface area contributed by atoms with Crippen molar-refractivity contribution in [2.75, 3.05) is 19.0 Å². The second-order valence-electron chi connectivity index (χ2n) is 7.85. The minimum Gasteiger partial charge on any atom is -0.491 e. The summed E-state index contributed by atoms with van der Waals surface area (Å²) in [7, 11) is -1.99. The summed E-state index contributed by atoms with van der Waals surface area (Å²) < 4.78 is 32.9. The molecule has 0 aliphatic heterocycles. The van der Waals surface area contributed by atoms with E-state index in [1.54, 1.807) is 31.3 Å². The molecule has 1 aliphatic rings. The summed E-state index contributed by atoms with van der Waals surface area (Å²) >= 11 is 0. The lowest BCUT2D eigenvalue weighted by atomic mass is 9.96. The molecule has 3 rings (SSSR count). The number of sulfonamides is 1. The van der Waals surface area contributed by atoms with Gasteiger partial charge in [-0.25, -0.2) is 8.42 Å². The molecule has 0 radical (unpaired) electrons. The van der Waals surface area contributed by atoms with Crippen molar-refractivity contribution in [1.29, 1.82) is 0 Å². The van der Waals surface area contributed by atoms with Gasteiger partial charge in [0.15, 0.2) is 0 Å². The summed E-state index contributed by atoms with van der Waals surface area (Å²) in [5.74, 6) is -0.466. The third-order valence-electron chi connectivity index (χ3n) is 5.62. The van der Waals surface area contributed by atoms with Gasteiger partial charge in [-0.1, -0.05) is 31.4 Å². The Hall–Kier alpha value is -2.91. The fraction of sp³-hybridized carbons (Fsp3) is 0.391. The summed E-state index contributed by atoms with van der Waals surface area (Å²) in [6.07, 6.45) is 5.03. The number of carbonyl (C=O) groups excluding carboxylic acids is 2. The van der Waals surface area contributed by atoms with E-state index in [4.69, 9.17) is 10.5 Å². The normalized spacial score (nSPS) is 14.8. The Morgan fingerprint density at radius 2 is 1.72 bits per heavy atom. The SMILES string of the molecule is CN(C1CCCCC1)S(=O)(=O)c1ccc(C(=O)Nc2ccccc2OCCC(N)=O)cc1. The number of primary amides is 1. The van der Waals surface area contributed by atoms with Gasteiger partial charge >= 0.3 is 0 Å². The Labute approximate surface area is 188 Å². The first-order valence-electron chi connectivity index (χ1n) is 10.7. The number of ether oxygens (including phenoxy) is 1. The molecular formula is C23H29N3O5S. The fourth-order valence-corrected chi connectivity index (χ4v) is 5.15. The van der Waals surface area contributed by atoms with Crippen molar-refractivity contribution in [1.82, 2.24) is 4.31 Å². The first kappa shape index (κ1) is 23.7. The van der Waals surface area contributed by atoms with Crippen LogP contribution in [0.25, 0.3) is 0 Å². The van der Waals surface area contributed by atoms with Gasteiger partial charge in [-0.05, 0) is 49.2 Å². The second-order valence-corrected chi connectivity index (χ2v) is 9.85. The highest BCUT2D eigenvalue weighted by atomic mass is 32.2. The van der Waals surface area contributed by atoms with Crippen LogP contribution in [0.15, 0.2) is 53.4 Å². The highest BCUT2D eigenvalue weighted by molar-refractivity contribution is 7.89. The lowest BCUT2D eigenvalue weighted by molar-refractivity contribution is -0.118. The Morgan fingerprint density at radius 3 is 2.38 bits per heavy atom. The number of nitrogens with one attached hydrogen (secondary N) is 1. The number of amides is 2. The average molecular weight is 460 g/mol. The predicted molar refractivity (Wildman–Crippen MR) is 122 cm³/mol. The molecule has 0 spiro atoms. The number of anilines is 1. The molecular weight excluding hydrogens is 430 g/mol. The van der Waals surface area contributed by atoms with Crippen LogP contribution in [0.1, 0.15) is 48.9 Å². The molecule has 172 valence electrons. The van der Waals surface area contributed by atoms with E-state index in [-0.39, 0.29) is 24.0 Å². The number of hydrogen-bond donors (Lipinski definition) is 2. The van der Waals surface area contributed by atoms with E-state index < -0.39 is 21.8 Å². The van der Waals surface area contributed by atoms with Crippen molar-refractivity contribution in [2.24, 2.45) is 5.73 Å². The molecule has 0 saturated heterocycles. The maximum absolute atomic E-state index is 13.0. The Kier molecular flexibility index (Phi) is 7.87. The first-order chi connectivity index (χ1) is 15.3. The molecule has 9 heteroatoms. The van der Waals surface area contributed by atoms with Crippen molar-refractivity contribution >= 4 is 27.5 Å². The van der Waals surface area contributed by atoms with E-state index in [2.05, 4.69) is 5.32 Å². The molecule has 0 unspecified atom stereocenters. The van der Waals surface area contributed by atoms with Crippen molar-refractivity contribution in [3.8, 4) is 5.75 Å². The second kappa shape index (κ2) is 10.6. The van der Waals surface area contributed by atoms with Crippen molar-refractivity contribution in [3.63, 3.8) is 0 Å². The minimum absolute atomic E-state index is 0.0165. The number of rotatable bonds is 9. The minimum atomic E-state index is -3.62. The Bertz CT molecular complexity index is 1050. The van der Waals surface area contributed by atoms with Gasteiger partial charge in [-0.15, -0.1) is 0 Å². The molecule has 3 N–H and O–H groups in total. The average Bonchev–Trinajstić information content (AvgIpc) is 2.80. The molecule has 2 aromatic rings. The van der Waals surface area contributed by atoms with E-state index in [0.29, 0.717) is 17.0 Å². The molecule has 32 heavy (non-hydrogen) atoms. The van der Waals surface area contributed by atoms with Crippen LogP contribution in [0.4, 0.5) is 5.69 Å². The van der Waals surface area contributed by atoms with E-state index in [0.717, 1.165) is 32.1 Å². The largest absolute Gasteiger partial charge is 0.491 e. The number of hydrogen-bond acceptors (Lipinski definition) is 5. The van der Waals surface area contributed by atoms with Crippen LogP contribution in [0.3, 0.4) is 0 Å². The summed E-state index contributed by atoms with van der Waals surface area (Å²) in [6, 6.07) is 12.8. The third kappa shape index (κ3) is 5.86. The van der Waals surface area contributed by atoms with E-state index >= 15 is 0 Å². The smallest absolute Gasteiger partial charge is 0.255 e. The van der Waals surface area contributed by atoms with Crippen LogP contribution in [0, 0.1) is 0 Å². The standard InChI is InChI=1S/C23H29N3O5S/c1-26(18-7-3-2-4-8-18)32(29,30)19-13-11-17(12-14-19)23(28)25-20-9-5-6-10-21(20)31-16-15-22(24)27/h5-6,9-14,18H,2-4,7-8,15-16H2,1H3,(H2,24,27)(H,25,28). The van der Waals surface area contributed by atoms with Gasteiger partial charge in [-0.2, -0.15) is 4.31 Å². The monoisotopic (exact) mass is 459 g/mol. The van der Waals surface area contributed by atoms with Gasteiger partial charge in [0.1, 0.15) is 5.75 Å². The Morgan fingerprint density at radius 1 is 1.06 bits per heavy atom. The summed E-state index contributed by atoms with van der Waals surface area (Å²) in [4.78, 5) is 23.7. The lowest BCUT2D eigenvalue weighted by Crippen LogP contribution is -2.38. The van der Waals surface area contributed by atoms with Crippen molar-refractivity contribution < 1.29 is 22.7 Å². The van der Waals surface area contributed by atoms with E-state index in [1.165, 1.54) is 28.6 Å². The molecule has 1 saturated carbocycles. The lowest BCUT2D eigenvalue weighted by Gasteiger charge is -2.30. The third-order valence-corrected chi connectivity index (χ3v) is 7.55. The van der Waals surface area contributed by atoms with Crippen LogP contribution in [0.2, 0.25) is 0 Å². The van der Waals surface area contributed by atoms with Gasteiger partial charge < -0.3 is 15.8 Å². The van der Waals surface area contributed by atoms with Crippen LogP contribution in [0.5, 0.6) is 5.75 Å². The first-order valence-corrected chi connectivity index (χ1v) is 12.1. The molecule has 0 heterocycles. The van der Waals surface area contributed by atoms with Crippen LogP contribution in [-0.4, -0.2) is 44.2 Å². The zero-order valence-corrected chi connectivity index (χ0v) is 18.9. The number of para-hydroxylation sites is 2. The van der Waals surface area contributed by atoms with E-state index in [9.17, 15) is 18.0 Å². The zero-order valence-electron chi connectivity index (χ0n) is 18.1. The maximum Gasteiger partial charge on any atom is 0.255 e. The molecule has 1 fully saturated rings.